The molecule has 132 valence electrons. The number of carbonyl (C=O) groups excluding carboxylic acids is 2. The van der Waals surface area contributed by atoms with Crippen molar-refractivity contribution in [1.29, 1.82) is 0 Å². The maximum Gasteiger partial charge on any atom is 0.408 e. The van der Waals surface area contributed by atoms with Gasteiger partial charge in [-0.25, -0.2) is 9.59 Å². The predicted molar refractivity (Wildman–Crippen MR) is 92.2 cm³/mol. The fourth-order valence-electron chi connectivity index (χ4n) is 1.98. The van der Waals surface area contributed by atoms with E-state index in [1.165, 1.54) is 31.8 Å². The molecule has 1 amide bonds. The van der Waals surface area contributed by atoms with Gasteiger partial charge in [0, 0.05) is 0 Å². The molecule has 0 rings (SSSR count). The largest absolute Gasteiger partial charge is 0.464 e. The van der Waals surface area contributed by atoms with Gasteiger partial charge in [0.25, 0.3) is 0 Å². The highest BCUT2D eigenvalue weighted by atomic mass is 16.6. The minimum atomic E-state index is -0.711. The second-order valence-electron chi connectivity index (χ2n) is 5.47. The molecule has 0 saturated heterocycles. The number of amides is 1. The summed E-state index contributed by atoms with van der Waals surface area (Å²) in [6.45, 7) is 9.22. The van der Waals surface area contributed by atoms with Gasteiger partial charge in [0.1, 0.15) is 12.6 Å². The number of nitrogens with one attached hydrogen (secondary N) is 1. The highest BCUT2D eigenvalue weighted by Gasteiger charge is 2.17. The molecule has 0 unspecified atom stereocenters. The molecule has 5 heteroatoms. The Morgan fingerprint density at radius 1 is 0.957 bits per heavy atom. The molecular weight excluding hydrogens is 294 g/mol. The molecule has 0 radical (unpaired) electrons. The van der Waals surface area contributed by atoms with Gasteiger partial charge in [-0.3, -0.25) is 0 Å². The number of rotatable bonds is 14. The van der Waals surface area contributed by atoms with E-state index < -0.39 is 18.1 Å². The SMILES string of the molecule is C=CCCCCCCCCCOC(=O)[C@H](C)NC(=O)OCC=C. The van der Waals surface area contributed by atoms with Crippen molar-refractivity contribution in [2.75, 3.05) is 13.2 Å². The molecule has 5 nitrogen and oxygen atoms in total. The van der Waals surface area contributed by atoms with E-state index in [-0.39, 0.29) is 6.61 Å². The summed E-state index contributed by atoms with van der Waals surface area (Å²) in [6.07, 6.45) is 11.9. The molecule has 0 aromatic heterocycles. The lowest BCUT2D eigenvalue weighted by Gasteiger charge is -2.13. The topological polar surface area (TPSA) is 64.6 Å². The lowest BCUT2D eigenvalue weighted by atomic mass is 10.1. The van der Waals surface area contributed by atoms with Crippen LogP contribution in [0.25, 0.3) is 0 Å². The fourth-order valence-corrected chi connectivity index (χ4v) is 1.98. The summed E-state index contributed by atoms with van der Waals surface area (Å²) < 4.78 is 9.86. The first-order valence-corrected chi connectivity index (χ1v) is 8.43. The van der Waals surface area contributed by atoms with E-state index in [0.29, 0.717) is 6.61 Å². The van der Waals surface area contributed by atoms with Gasteiger partial charge in [-0.15, -0.1) is 6.58 Å². The van der Waals surface area contributed by atoms with Crippen molar-refractivity contribution in [3.05, 3.63) is 25.3 Å². The van der Waals surface area contributed by atoms with Crippen LogP contribution >= 0.6 is 0 Å². The zero-order valence-corrected chi connectivity index (χ0v) is 14.4. The van der Waals surface area contributed by atoms with E-state index >= 15 is 0 Å². The minimum absolute atomic E-state index is 0.112. The first-order chi connectivity index (χ1) is 11.1. The second-order valence-corrected chi connectivity index (χ2v) is 5.47. The fraction of sp³-hybridized carbons (Fsp3) is 0.667. The van der Waals surface area contributed by atoms with Crippen molar-refractivity contribution >= 4 is 12.1 Å². The smallest absolute Gasteiger partial charge is 0.408 e. The molecule has 1 N–H and O–H groups in total. The maximum atomic E-state index is 11.7. The van der Waals surface area contributed by atoms with Crippen LogP contribution in [0.5, 0.6) is 0 Å². The molecule has 0 aliphatic heterocycles. The highest BCUT2D eigenvalue weighted by molar-refractivity contribution is 5.80. The van der Waals surface area contributed by atoms with Crippen LogP contribution in [0.2, 0.25) is 0 Å². The molecule has 0 fully saturated rings. The van der Waals surface area contributed by atoms with E-state index in [2.05, 4.69) is 18.5 Å². The van der Waals surface area contributed by atoms with Gasteiger partial charge in [0.05, 0.1) is 6.61 Å². The van der Waals surface area contributed by atoms with Gasteiger partial charge in [-0.1, -0.05) is 50.8 Å². The van der Waals surface area contributed by atoms with Crippen LogP contribution in [0, 0.1) is 0 Å². The Morgan fingerprint density at radius 2 is 1.57 bits per heavy atom. The second kappa shape index (κ2) is 15.1. The van der Waals surface area contributed by atoms with Crippen LogP contribution in [0.1, 0.15) is 58.3 Å². The van der Waals surface area contributed by atoms with Crippen molar-refractivity contribution in [3.8, 4) is 0 Å². The molecule has 0 aliphatic rings. The Kier molecular flexibility index (Phi) is 14.0. The Balaban J connectivity index is 3.49. The van der Waals surface area contributed by atoms with Gasteiger partial charge >= 0.3 is 12.1 Å². The monoisotopic (exact) mass is 325 g/mol. The first kappa shape index (κ1) is 21.2. The summed E-state index contributed by atoms with van der Waals surface area (Å²) in [6, 6.07) is -0.711. The summed E-state index contributed by atoms with van der Waals surface area (Å²) in [4.78, 5) is 22.9. The molecule has 0 bridgehead atoms. The lowest BCUT2D eigenvalue weighted by Crippen LogP contribution is -2.40. The quantitative estimate of drug-likeness (QED) is 0.296. The van der Waals surface area contributed by atoms with Crippen molar-refractivity contribution < 1.29 is 19.1 Å². The number of allylic oxidation sites excluding steroid dienone is 1. The van der Waals surface area contributed by atoms with Gasteiger partial charge in [-0.2, -0.15) is 0 Å². The van der Waals surface area contributed by atoms with E-state index in [0.717, 1.165) is 25.7 Å². The summed E-state index contributed by atoms with van der Waals surface area (Å²) in [7, 11) is 0. The van der Waals surface area contributed by atoms with Gasteiger partial charge in [0.2, 0.25) is 0 Å². The molecule has 0 spiro atoms. The number of carbonyl (C=O) groups is 2. The normalized spacial score (nSPS) is 11.3. The molecule has 23 heavy (non-hydrogen) atoms. The number of unbranched alkanes of at least 4 members (excludes halogenated alkanes) is 7. The average molecular weight is 325 g/mol. The van der Waals surface area contributed by atoms with Gasteiger partial charge < -0.3 is 14.8 Å². The van der Waals surface area contributed by atoms with Crippen molar-refractivity contribution in [2.24, 2.45) is 0 Å². The third-order valence-electron chi connectivity index (χ3n) is 3.32. The van der Waals surface area contributed by atoms with Crippen molar-refractivity contribution in [2.45, 2.75) is 64.3 Å². The summed E-state index contributed by atoms with van der Waals surface area (Å²) >= 11 is 0. The number of esters is 1. The number of hydrogen-bond acceptors (Lipinski definition) is 4. The third-order valence-corrected chi connectivity index (χ3v) is 3.32. The van der Waals surface area contributed by atoms with E-state index in [9.17, 15) is 9.59 Å². The van der Waals surface area contributed by atoms with Crippen LogP contribution in [-0.4, -0.2) is 31.3 Å². The summed E-state index contributed by atoms with van der Waals surface area (Å²) in [5, 5.41) is 2.41. The zero-order valence-electron chi connectivity index (χ0n) is 14.4. The Bertz CT molecular complexity index is 355. The third kappa shape index (κ3) is 13.6. The van der Waals surface area contributed by atoms with Crippen molar-refractivity contribution in [3.63, 3.8) is 0 Å². The Labute approximate surface area is 140 Å². The average Bonchev–Trinajstić information content (AvgIpc) is 2.54. The predicted octanol–water partition coefficient (Wildman–Crippen LogP) is 4.14. The molecule has 0 aromatic carbocycles. The number of hydrogen-bond donors (Lipinski definition) is 1. The molecule has 0 aromatic rings. The van der Waals surface area contributed by atoms with Crippen LogP contribution in [0.15, 0.2) is 25.3 Å². The van der Waals surface area contributed by atoms with Gasteiger partial charge in [-0.05, 0) is 26.2 Å². The minimum Gasteiger partial charge on any atom is -0.464 e. The summed E-state index contributed by atoms with van der Waals surface area (Å²) in [5.74, 6) is -0.440. The van der Waals surface area contributed by atoms with Crippen LogP contribution in [-0.2, 0) is 14.3 Å². The molecule has 1 atom stereocenters. The number of ether oxygens (including phenoxy) is 2. The van der Waals surface area contributed by atoms with Crippen LogP contribution in [0.4, 0.5) is 4.79 Å². The van der Waals surface area contributed by atoms with E-state index in [1.54, 1.807) is 6.92 Å². The van der Waals surface area contributed by atoms with Crippen LogP contribution < -0.4 is 5.32 Å². The first-order valence-electron chi connectivity index (χ1n) is 8.43. The molecule has 0 saturated carbocycles. The van der Waals surface area contributed by atoms with Crippen LogP contribution in [0.3, 0.4) is 0 Å². The molecular formula is C18H31NO4. The van der Waals surface area contributed by atoms with E-state index in [4.69, 9.17) is 9.47 Å². The standard InChI is InChI=1S/C18H31NO4/c1-4-6-7-8-9-10-11-12-13-15-22-17(20)16(3)19-18(21)23-14-5-2/h4-5,16H,1-2,6-15H2,3H3,(H,19,21)/t16-/m0/s1. The van der Waals surface area contributed by atoms with Gasteiger partial charge in [0.15, 0.2) is 0 Å². The lowest BCUT2D eigenvalue weighted by molar-refractivity contribution is -0.145. The zero-order chi connectivity index (χ0) is 17.3. The van der Waals surface area contributed by atoms with Crippen molar-refractivity contribution in [1.82, 2.24) is 5.32 Å². The van der Waals surface area contributed by atoms with E-state index in [1.807, 2.05) is 6.08 Å². The molecule has 0 aliphatic carbocycles. The molecule has 0 heterocycles. The number of alkyl carbamates (subject to hydrolysis) is 1. The highest BCUT2D eigenvalue weighted by Crippen LogP contribution is 2.08. The maximum absolute atomic E-state index is 11.7. The Morgan fingerprint density at radius 3 is 2.17 bits per heavy atom. The Hall–Kier alpha value is -1.78. The summed E-state index contributed by atoms with van der Waals surface area (Å²) in [5.41, 5.74) is 0.